The summed E-state index contributed by atoms with van der Waals surface area (Å²) in [4.78, 5) is 12.9. The minimum absolute atomic E-state index is 0.0153. The highest BCUT2D eigenvalue weighted by molar-refractivity contribution is 7.92. The van der Waals surface area contributed by atoms with Gasteiger partial charge in [-0.25, -0.2) is 12.7 Å². The maximum Gasteiger partial charge on any atom is 0.245 e. The van der Waals surface area contributed by atoms with Crippen LogP contribution >= 0.6 is 0 Å². The lowest BCUT2D eigenvalue weighted by atomic mass is 10.1. The first-order valence-corrected chi connectivity index (χ1v) is 9.29. The summed E-state index contributed by atoms with van der Waals surface area (Å²) >= 11 is 0. The molecule has 1 fully saturated rings. The summed E-state index contributed by atoms with van der Waals surface area (Å²) in [5.41, 5.74) is 0.978. The van der Waals surface area contributed by atoms with Crippen molar-refractivity contribution in [2.75, 3.05) is 10.6 Å². The third-order valence-corrected chi connectivity index (χ3v) is 5.34. The third-order valence-electron chi connectivity index (χ3n) is 4.29. The maximum absolute atomic E-state index is 12.9. The lowest BCUT2D eigenvalue weighted by molar-refractivity contribution is -0.119. The summed E-state index contributed by atoms with van der Waals surface area (Å²) in [6.45, 7) is 7.84. The van der Waals surface area contributed by atoms with Gasteiger partial charge in [-0.15, -0.1) is 0 Å². The Morgan fingerprint density at radius 3 is 2.39 bits per heavy atom. The van der Waals surface area contributed by atoms with Crippen molar-refractivity contribution in [1.29, 1.82) is 0 Å². The van der Waals surface area contributed by atoms with Gasteiger partial charge in [0, 0.05) is 6.07 Å². The topological polar surface area (TPSA) is 74.7 Å². The van der Waals surface area contributed by atoms with Gasteiger partial charge in [-0.05, 0) is 37.3 Å². The summed E-state index contributed by atoms with van der Waals surface area (Å²) in [6.07, 6.45) is 3.02. The average Bonchev–Trinajstić information content (AvgIpc) is 2.88. The van der Waals surface area contributed by atoms with E-state index in [2.05, 4.69) is 0 Å². The zero-order valence-corrected chi connectivity index (χ0v) is 14.9. The number of carbonyl (C=O) groups excluding carboxylic acids is 1. The second-order valence-electron chi connectivity index (χ2n) is 6.95. The standard InChI is InChI=1S/C17H23NO4S/c1-11(2)9-14-15(17(14,3)4)16(20)18(23(5,21)22)12-7-6-8-13(19)10-12/h6-10,14-15,19H,1-5H3/t14-,15+/m0/s1. The van der Waals surface area contributed by atoms with Crippen LogP contribution in [0.3, 0.4) is 0 Å². The Bertz CT molecular complexity index is 761. The number of benzene rings is 1. The Morgan fingerprint density at radius 2 is 1.91 bits per heavy atom. The maximum atomic E-state index is 12.9. The first-order chi connectivity index (χ1) is 10.5. The van der Waals surface area contributed by atoms with Gasteiger partial charge in [-0.1, -0.05) is 31.6 Å². The van der Waals surface area contributed by atoms with Crippen molar-refractivity contribution >= 4 is 21.6 Å². The van der Waals surface area contributed by atoms with Crippen molar-refractivity contribution in [2.24, 2.45) is 17.3 Å². The molecule has 0 heterocycles. The Kier molecular flexibility index (Phi) is 4.32. The van der Waals surface area contributed by atoms with Crippen LogP contribution in [0.1, 0.15) is 27.7 Å². The molecule has 126 valence electrons. The number of allylic oxidation sites excluding steroid dienone is 2. The van der Waals surface area contributed by atoms with E-state index in [0.29, 0.717) is 0 Å². The van der Waals surface area contributed by atoms with E-state index < -0.39 is 21.8 Å². The van der Waals surface area contributed by atoms with Crippen LogP contribution in [0.5, 0.6) is 5.75 Å². The van der Waals surface area contributed by atoms with Crippen LogP contribution in [0.4, 0.5) is 5.69 Å². The number of aromatic hydroxyl groups is 1. The van der Waals surface area contributed by atoms with E-state index in [1.165, 1.54) is 24.3 Å². The normalized spacial score (nSPS) is 22.3. The van der Waals surface area contributed by atoms with E-state index in [1.54, 1.807) is 0 Å². The molecule has 0 aromatic heterocycles. The zero-order valence-electron chi connectivity index (χ0n) is 14.1. The van der Waals surface area contributed by atoms with Crippen molar-refractivity contribution < 1.29 is 18.3 Å². The number of anilines is 1. The van der Waals surface area contributed by atoms with Gasteiger partial charge in [0.2, 0.25) is 15.9 Å². The third kappa shape index (κ3) is 3.42. The number of nitrogens with zero attached hydrogens (tertiary/aromatic N) is 1. The van der Waals surface area contributed by atoms with Gasteiger partial charge in [-0.3, -0.25) is 4.79 Å². The van der Waals surface area contributed by atoms with Gasteiger partial charge in [0.1, 0.15) is 5.75 Å². The zero-order chi connectivity index (χ0) is 17.6. The lowest BCUT2D eigenvalue weighted by Crippen LogP contribution is -2.38. The molecule has 6 heteroatoms. The molecule has 1 aliphatic carbocycles. The largest absolute Gasteiger partial charge is 0.508 e. The Balaban J connectivity index is 2.43. The number of rotatable bonds is 4. The smallest absolute Gasteiger partial charge is 0.245 e. The first kappa shape index (κ1) is 17.5. The van der Waals surface area contributed by atoms with Gasteiger partial charge >= 0.3 is 0 Å². The molecule has 0 unspecified atom stereocenters. The van der Waals surface area contributed by atoms with Crippen LogP contribution in [0, 0.1) is 17.3 Å². The van der Waals surface area contributed by atoms with Crippen LogP contribution in [0.25, 0.3) is 0 Å². The van der Waals surface area contributed by atoms with E-state index in [4.69, 9.17) is 0 Å². The summed E-state index contributed by atoms with van der Waals surface area (Å²) in [7, 11) is -3.79. The second kappa shape index (κ2) is 5.67. The van der Waals surface area contributed by atoms with Crippen molar-refractivity contribution in [1.82, 2.24) is 0 Å². The summed E-state index contributed by atoms with van der Waals surface area (Å²) in [5, 5.41) is 9.60. The number of sulfonamides is 1. The molecule has 23 heavy (non-hydrogen) atoms. The van der Waals surface area contributed by atoms with Gasteiger partial charge in [0.25, 0.3) is 0 Å². The summed E-state index contributed by atoms with van der Waals surface area (Å²) in [6, 6.07) is 5.73. The fourth-order valence-corrected chi connectivity index (χ4v) is 3.98. The lowest BCUT2D eigenvalue weighted by Gasteiger charge is -2.21. The van der Waals surface area contributed by atoms with Gasteiger partial charge in [0.15, 0.2) is 0 Å². The van der Waals surface area contributed by atoms with Crippen LogP contribution in [-0.4, -0.2) is 25.7 Å². The van der Waals surface area contributed by atoms with Crippen LogP contribution in [0.15, 0.2) is 35.9 Å². The molecular formula is C17H23NO4S. The predicted molar refractivity (Wildman–Crippen MR) is 90.6 cm³/mol. The van der Waals surface area contributed by atoms with E-state index >= 15 is 0 Å². The fraction of sp³-hybridized carbons (Fsp3) is 0.471. The summed E-state index contributed by atoms with van der Waals surface area (Å²) < 4.78 is 25.1. The SMILES string of the molecule is CC(C)=C[C@H]1[C@H](C(=O)N(c2cccc(O)c2)S(C)(=O)=O)C1(C)C. The molecule has 1 N–H and O–H groups in total. The highest BCUT2D eigenvalue weighted by Crippen LogP contribution is 2.60. The fourth-order valence-electron chi connectivity index (χ4n) is 3.05. The van der Waals surface area contributed by atoms with E-state index in [9.17, 15) is 18.3 Å². The second-order valence-corrected chi connectivity index (χ2v) is 8.79. The Morgan fingerprint density at radius 1 is 1.30 bits per heavy atom. The molecule has 2 atom stereocenters. The van der Waals surface area contributed by atoms with Gasteiger partial charge in [-0.2, -0.15) is 0 Å². The quantitative estimate of drug-likeness (QED) is 0.857. The molecule has 1 aliphatic rings. The van der Waals surface area contributed by atoms with Crippen LogP contribution < -0.4 is 4.31 Å². The first-order valence-electron chi connectivity index (χ1n) is 7.44. The highest BCUT2D eigenvalue weighted by Gasteiger charge is 2.62. The monoisotopic (exact) mass is 337 g/mol. The molecule has 0 saturated heterocycles. The Hall–Kier alpha value is -1.82. The predicted octanol–water partition coefficient (Wildman–Crippen LogP) is 2.92. The molecule has 0 aliphatic heterocycles. The number of carbonyl (C=O) groups is 1. The van der Waals surface area contributed by atoms with Crippen LogP contribution in [-0.2, 0) is 14.8 Å². The highest BCUT2D eigenvalue weighted by atomic mass is 32.2. The Labute approximate surface area is 137 Å². The van der Waals surface area contributed by atoms with Crippen molar-refractivity contribution in [3.05, 3.63) is 35.9 Å². The molecular weight excluding hydrogens is 314 g/mol. The van der Waals surface area contributed by atoms with E-state index in [-0.39, 0.29) is 22.8 Å². The summed E-state index contributed by atoms with van der Waals surface area (Å²) in [5.74, 6) is -0.915. The van der Waals surface area contributed by atoms with Crippen molar-refractivity contribution in [3.8, 4) is 5.75 Å². The molecule has 5 nitrogen and oxygen atoms in total. The minimum Gasteiger partial charge on any atom is -0.508 e. The number of hydrogen-bond acceptors (Lipinski definition) is 4. The number of phenols is 1. The molecule has 0 bridgehead atoms. The van der Waals surface area contributed by atoms with Gasteiger partial charge in [0.05, 0.1) is 17.9 Å². The number of amides is 1. The van der Waals surface area contributed by atoms with Crippen molar-refractivity contribution in [2.45, 2.75) is 27.7 Å². The average molecular weight is 337 g/mol. The molecule has 0 spiro atoms. The van der Waals surface area contributed by atoms with E-state index in [0.717, 1.165) is 16.1 Å². The van der Waals surface area contributed by atoms with E-state index in [1.807, 2.05) is 33.8 Å². The molecule has 1 aromatic carbocycles. The molecule has 0 radical (unpaired) electrons. The van der Waals surface area contributed by atoms with Crippen molar-refractivity contribution in [3.63, 3.8) is 0 Å². The molecule has 1 saturated carbocycles. The number of hydrogen-bond donors (Lipinski definition) is 1. The minimum atomic E-state index is -3.79. The number of phenolic OH excluding ortho intramolecular Hbond substituents is 1. The molecule has 2 rings (SSSR count). The molecule has 1 aromatic rings. The van der Waals surface area contributed by atoms with Gasteiger partial charge < -0.3 is 5.11 Å². The van der Waals surface area contributed by atoms with Crippen LogP contribution in [0.2, 0.25) is 0 Å². The molecule has 1 amide bonds.